The Kier molecular flexibility index (Phi) is 2.85. The molecule has 1 aliphatic carbocycles. The van der Waals surface area contributed by atoms with Gasteiger partial charge in [0.15, 0.2) is 0 Å². The molecule has 0 aromatic heterocycles. The second-order valence-corrected chi connectivity index (χ2v) is 5.54. The summed E-state index contributed by atoms with van der Waals surface area (Å²) in [7, 11) is 0. The molecule has 1 atom stereocenters. The van der Waals surface area contributed by atoms with Crippen molar-refractivity contribution in [3.8, 4) is 0 Å². The zero-order valence-electron chi connectivity index (χ0n) is 9.50. The van der Waals surface area contributed by atoms with Gasteiger partial charge in [0, 0.05) is 13.1 Å². The molecular formula is C12H23NO. The van der Waals surface area contributed by atoms with Crippen LogP contribution < -0.4 is 0 Å². The number of piperidine rings is 1. The van der Waals surface area contributed by atoms with Gasteiger partial charge >= 0.3 is 0 Å². The average Bonchev–Trinajstić information content (AvgIpc) is 2.88. The van der Waals surface area contributed by atoms with Crippen molar-refractivity contribution < 1.29 is 5.11 Å². The number of β-amino-alcohol motifs (C(OH)–C–C–N with tert-alkyl or cyclic N) is 1. The molecular weight excluding hydrogens is 174 g/mol. The van der Waals surface area contributed by atoms with E-state index in [1.807, 2.05) is 0 Å². The predicted octanol–water partition coefficient (Wildman–Crippen LogP) is 1.88. The first kappa shape index (κ1) is 10.4. The summed E-state index contributed by atoms with van der Waals surface area (Å²) in [6, 6.07) is 0. The Morgan fingerprint density at radius 3 is 2.71 bits per heavy atom. The smallest absolute Gasteiger partial charge is 0.0797 e. The minimum Gasteiger partial charge on any atom is -0.388 e. The lowest BCUT2D eigenvalue weighted by Crippen LogP contribution is -2.51. The summed E-state index contributed by atoms with van der Waals surface area (Å²) in [5.74, 6) is 1.34. The van der Waals surface area contributed by atoms with Crippen LogP contribution >= 0.6 is 0 Å². The molecule has 2 aliphatic rings. The van der Waals surface area contributed by atoms with Crippen molar-refractivity contribution in [3.05, 3.63) is 0 Å². The molecule has 0 aromatic rings. The van der Waals surface area contributed by atoms with Crippen LogP contribution in [0.3, 0.4) is 0 Å². The summed E-state index contributed by atoms with van der Waals surface area (Å²) in [6.45, 7) is 7.61. The molecule has 2 rings (SSSR count). The third-order valence-corrected chi connectivity index (χ3v) is 3.87. The van der Waals surface area contributed by atoms with Crippen LogP contribution in [-0.4, -0.2) is 35.2 Å². The van der Waals surface area contributed by atoms with Crippen molar-refractivity contribution in [2.45, 2.75) is 45.1 Å². The summed E-state index contributed by atoms with van der Waals surface area (Å²) in [6.07, 6.45) is 4.99. The van der Waals surface area contributed by atoms with Crippen molar-refractivity contribution in [3.63, 3.8) is 0 Å². The number of rotatable bonds is 3. The first-order valence-corrected chi connectivity index (χ1v) is 6.05. The standard InChI is InChI=1S/C12H23NO/c1-10(2)12(14)6-3-7-13(9-12)8-11-4-5-11/h10-11,14H,3-9H2,1-2H3/t12-/m0/s1. The van der Waals surface area contributed by atoms with E-state index in [1.165, 1.54) is 32.4 Å². The van der Waals surface area contributed by atoms with E-state index in [4.69, 9.17) is 0 Å². The van der Waals surface area contributed by atoms with Gasteiger partial charge in [-0.3, -0.25) is 0 Å². The van der Waals surface area contributed by atoms with E-state index in [0.29, 0.717) is 5.92 Å². The van der Waals surface area contributed by atoms with Crippen molar-refractivity contribution in [2.75, 3.05) is 19.6 Å². The molecule has 0 unspecified atom stereocenters. The molecule has 14 heavy (non-hydrogen) atoms. The van der Waals surface area contributed by atoms with Crippen molar-refractivity contribution in [1.29, 1.82) is 0 Å². The van der Waals surface area contributed by atoms with Gasteiger partial charge < -0.3 is 10.0 Å². The highest BCUT2D eigenvalue weighted by Gasteiger charge is 2.37. The Balaban J connectivity index is 1.88. The molecule has 1 N–H and O–H groups in total. The molecule has 2 nitrogen and oxygen atoms in total. The second kappa shape index (κ2) is 3.82. The first-order chi connectivity index (χ1) is 6.60. The summed E-state index contributed by atoms with van der Waals surface area (Å²) in [5.41, 5.74) is -0.410. The highest BCUT2D eigenvalue weighted by Crippen LogP contribution is 2.33. The van der Waals surface area contributed by atoms with Crippen LogP contribution in [0.25, 0.3) is 0 Å². The lowest BCUT2D eigenvalue weighted by atomic mass is 9.83. The normalized spacial score (nSPS) is 35.1. The van der Waals surface area contributed by atoms with Gasteiger partial charge in [0.05, 0.1) is 5.60 Å². The minimum atomic E-state index is -0.410. The van der Waals surface area contributed by atoms with Crippen molar-refractivity contribution >= 4 is 0 Å². The maximum absolute atomic E-state index is 10.4. The Morgan fingerprint density at radius 1 is 1.43 bits per heavy atom. The van der Waals surface area contributed by atoms with Crippen molar-refractivity contribution in [2.24, 2.45) is 11.8 Å². The number of likely N-dealkylation sites (tertiary alicyclic amines) is 1. The molecule has 2 fully saturated rings. The van der Waals surface area contributed by atoms with E-state index < -0.39 is 5.60 Å². The van der Waals surface area contributed by atoms with Gasteiger partial charge in [-0.2, -0.15) is 0 Å². The zero-order chi connectivity index (χ0) is 10.2. The maximum Gasteiger partial charge on any atom is 0.0797 e. The van der Waals surface area contributed by atoms with E-state index in [1.54, 1.807) is 0 Å². The van der Waals surface area contributed by atoms with Gasteiger partial charge in [-0.15, -0.1) is 0 Å². The lowest BCUT2D eigenvalue weighted by Gasteiger charge is -2.42. The van der Waals surface area contributed by atoms with Crippen LogP contribution in [0.5, 0.6) is 0 Å². The highest BCUT2D eigenvalue weighted by atomic mass is 16.3. The third kappa shape index (κ3) is 2.29. The number of nitrogens with zero attached hydrogens (tertiary/aromatic N) is 1. The Labute approximate surface area is 87.3 Å². The van der Waals surface area contributed by atoms with Gasteiger partial charge in [-0.25, -0.2) is 0 Å². The van der Waals surface area contributed by atoms with E-state index in [-0.39, 0.29) is 0 Å². The maximum atomic E-state index is 10.4. The average molecular weight is 197 g/mol. The van der Waals surface area contributed by atoms with Crippen LogP contribution in [0.15, 0.2) is 0 Å². The van der Waals surface area contributed by atoms with E-state index >= 15 is 0 Å². The molecule has 1 aliphatic heterocycles. The SMILES string of the molecule is CC(C)[C@]1(O)CCCN(CC2CC2)C1. The fourth-order valence-corrected chi connectivity index (χ4v) is 2.45. The number of aliphatic hydroxyl groups is 1. The first-order valence-electron chi connectivity index (χ1n) is 6.05. The van der Waals surface area contributed by atoms with Crippen LogP contribution in [0, 0.1) is 11.8 Å². The molecule has 0 radical (unpaired) electrons. The summed E-state index contributed by atoms with van der Waals surface area (Å²) >= 11 is 0. The molecule has 0 amide bonds. The molecule has 0 bridgehead atoms. The fourth-order valence-electron chi connectivity index (χ4n) is 2.45. The van der Waals surface area contributed by atoms with Crippen LogP contribution in [0.4, 0.5) is 0 Å². The Bertz CT molecular complexity index is 200. The molecule has 0 aromatic carbocycles. The van der Waals surface area contributed by atoms with Gasteiger partial charge in [-0.05, 0) is 44.1 Å². The number of hydrogen-bond donors (Lipinski definition) is 1. The highest BCUT2D eigenvalue weighted by molar-refractivity contribution is 4.91. The van der Waals surface area contributed by atoms with E-state index in [9.17, 15) is 5.11 Å². The topological polar surface area (TPSA) is 23.5 Å². The van der Waals surface area contributed by atoms with Crippen molar-refractivity contribution in [1.82, 2.24) is 4.90 Å². The molecule has 2 heteroatoms. The molecule has 1 saturated heterocycles. The lowest BCUT2D eigenvalue weighted by molar-refractivity contribution is -0.0654. The van der Waals surface area contributed by atoms with Gasteiger partial charge in [0.25, 0.3) is 0 Å². The molecule has 82 valence electrons. The summed E-state index contributed by atoms with van der Waals surface area (Å²) in [5, 5.41) is 10.4. The molecule has 1 saturated carbocycles. The minimum absolute atomic E-state index is 0.393. The van der Waals surface area contributed by atoms with E-state index in [0.717, 1.165) is 18.9 Å². The predicted molar refractivity (Wildman–Crippen MR) is 58.2 cm³/mol. The monoisotopic (exact) mass is 197 g/mol. The largest absolute Gasteiger partial charge is 0.388 e. The van der Waals surface area contributed by atoms with Gasteiger partial charge in [0.1, 0.15) is 0 Å². The summed E-state index contributed by atoms with van der Waals surface area (Å²) < 4.78 is 0. The van der Waals surface area contributed by atoms with Gasteiger partial charge in [0.2, 0.25) is 0 Å². The summed E-state index contributed by atoms with van der Waals surface area (Å²) in [4.78, 5) is 2.47. The molecule has 1 heterocycles. The van der Waals surface area contributed by atoms with Crippen LogP contribution in [0.1, 0.15) is 39.5 Å². The Hall–Kier alpha value is -0.0800. The zero-order valence-corrected chi connectivity index (χ0v) is 9.50. The fraction of sp³-hybridized carbons (Fsp3) is 1.00. The second-order valence-electron chi connectivity index (χ2n) is 5.54. The quantitative estimate of drug-likeness (QED) is 0.746. The molecule has 0 spiro atoms. The number of hydrogen-bond acceptors (Lipinski definition) is 2. The third-order valence-electron chi connectivity index (χ3n) is 3.87. The Morgan fingerprint density at radius 2 is 2.14 bits per heavy atom. The van der Waals surface area contributed by atoms with Crippen LogP contribution in [0.2, 0.25) is 0 Å². The van der Waals surface area contributed by atoms with Gasteiger partial charge in [-0.1, -0.05) is 13.8 Å². The van der Waals surface area contributed by atoms with Crippen LogP contribution in [-0.2, 0) is 0 Å². The van der Waals surface area contributed by atoms with E-state index in [2.05, 4.69) is 18.7 Å².